The van der Waals surface area contributed by atoms with Gasteiger partial charge in [-0.1, -0.05) is 6.07 Å². The monoisotopic (exact) mass is 432 g/mol. The summed E-state index contributed by atoms with van der Waals surface area (Å²) in [5.41, 5.74) is 1.41. The molecule has 1 fully saturated rings. The van der Waals surface area contributed by atoms with Crippen LogP contribution in [0, 0.1) is 0 Å². The molecule has 1 aliphatic heterocycles. The molecule has 1 aromatic carbocycles. The van der Waals surface area contributed by atoms with Crippen LogP contribution in [-0.4, -0.2) is 50.0 Å². The summed E-state index contributed by atoms with van der Waals surface area (Å²) in [6.07, 6.45) is 6.75. The molecule has 2 amide bonds. The highest BCUT2D eigenvalue weighted by Gasteiger charge is 2.24. The van der Waals surface area contributed by atoms with Crippen molar-refractivity contribution in [3.63, 3.8) is 0 Å². The van der Waals surface area contributed by atoms with E-state index in [4.69, 9.17) is 4.74 Å². The van der Waals surface area contributed by atoms with Gasteiger partial charge in [-0.25, -0.2) is 13.2 Å². The lowest BCUT2D eigenvalue weighted by Gasteiger charge is -2.23. The fraction of sp³-hybridized carbons (Fsp3) is 0.429. The second-order valence-electron chi connectivity index (χ2n) is 7.12. The van der Waals surface area contributed by atoms with Crippen LogP contribution in [0.15, 0.2) is 53.7 Å². The van der Waals surface area contributed by atoms with Crippen LogP contribution in [0.2, 0.25) is 0 Å². The van der Waals surface area contributed by atoms with Crippen molar-refractivity contribution in [1.29, 1.82) is 0 Å². The molecule has 3 rings (SSSR count). The zero-order valence-corrected chi connectivity index (χ0v) is 17.7. The minimum absolute atomic E-state index is 0.224. The average molecular weight is 433 g/mol. The van der Waals surface area contributed by atoms with E-state index >= 15 is 0 Å². The number of benzene rings is 1. The zero-order chi connectivity index (χ0) is 21.2. The number of pyridine rings is 1. The molecule has 2 aromatic rings. The fourth-order valence-electron chi connectivity index (χ4n) is 3.19. The maximum Gasteiger partial charge on any atom is 0.319 e. The number of hydrogen-bond acceptors (Lipinski definition) is 5. The lowest BCUT2D eigenvalue weighted by molar-refractivity contribution is 0.118. The Hall–Kier alpha value is -2.49. The molecule has 1 saturated heterocycles. The van der Waals surface area contributed by atoms with E-state index in [0.717, 1.165) is 31.4 Å². The van der Waals surface area contributed by atoms with E-state index in [1.54, 1.807) is 30.6 Å². The summed E-state index contributed by atoms with van der Waals surface area (Å²) in [5, 5.41) is 5.45. The molecule has 2 N–H and O–H groups in total. The molecule has 1 aromatic heterocycles. The average Bonchev–Trinajstić information content (AvgIpc) is 2.77. The van der Waals surface area contributed by atoms with Crippen LogP contribution < -0.4 is 10.6 Å². The maximum absolute atomic E-state index is 13.0. The molecule has 9 heteroatoms. The zero-order valence-electron chi connectivity index (χ0n) is 16.9. The van der Waals surface area contributed by atoms with Crippen LogP contribution in [0.3, 0.4) is 0 Å². The third kappa shape index (κ3) is 6.51. The van der Waals surface area contributed by atoms with Gasteiger partial charge in [0, 0.05) is 50.9 Å². The third-order valence-electron chi connectivity index (χ3n) is 4.82. The third-order valence-corrected chi connectivity index (χ3v) is 6.73. The summed E-state index contributed by atoms with van der Waals surface area (Å²) in [6, 6.07) is 9.56. The highest BCUT2D eigenvalue weighted by molar-refractivity contribution is 7.89. The molecule has 2 heterocycles. The Morgan fingerprint density at radius 1 is 1.03 bits per heavy atom. The number of nitrogens with zero attached hydrogens (tertiary/aromatic N) is 2. The van der Waals surface area contributed by atoms with Gasteiger partial charge in [-0.2, -0.15) is 4.31 Å². The molecular formula is C21H28N4O4S. The van der Waals surface area contributed by atoms with Crippen molar-refractivity contribution >= 4 is 21.7 Å². The molecule has 0 bridgehead atoms. The predicted molar refractivity (Wildman–Crippen MR) is 115 cm³/mol. The van der Waals surface area contributed by atoms with E-state index in [2.05, 4.69) is 15.6 Å². The Kier molecular flexibility index (Phi) is 8.18. The predicted octanol–water partition coefficient (Wildman–Crippen LogP) is 2.98. The largest absolute Gasteiger partial charge is 0.381 e. The quantitative estimate of drug-likeness (QED) is 0.757. The smallest absolute Gasteiger partial charge is 0.319 e. The summed E-state index contributed by atoms with van der Waals surface area (Å²) in [5.74, 6) is 0. The first kappa shape index (κ1) is 22.2. The molecule has 30 heavy (non-hydrogen) atoms. The van der Waals surface area contributed by atoms with Crippen molar-refractivity contribution in [2.24, 2.45) is 0 Å². The Morgan fingerprint density at radius 2 is 1.80 bits per heavy atom. The second kappa shape index (κ2) is 11.1. The number of amides is 2. The molecule has 0 atom stereocenters. The molecule has 0 unspecified atom stereocenters. The van der Waals surface area contributed by atoms with E-state index in [0.29, 0.717) is 38.3 Å². The molecular weight excluding hydrogens is 404 g/mol. The van der Waals surface area contributed by atoms with Gasteiger partial charge in [0.2, 0.25) is 10.0 Å². The molecule has 1 aliphatic rings. The van der Waals surface area contributed by atoms with Crippen LogP contribution in [0.4, 0.5) is 10.5 Å². The van der Waals surface area contributed by atoms with E-state index in [-0.39, 0.29) is 10.9 Å². The number of rotatable bonds is 5. The van der Waals surface area contributed by atoms with Crippen molar-refractivity contribution in [1.82, 2.24) is 14.6 Å². The molecule has 0 saturated carbocycles. The highest BCUT2D eigenvalue weighted by Crippen LogP contribution is 2.20. The highest BCUT2D eigenvalue weighted by atomic mass is 32.2. The van der Waals surface area contributed by atoms with E-state index in [1.165, 1.54) is 16.4 Å². The number of anilines is 1. The SMILES string of the molecule is O=C(NCc1cccnc1)Nc1ccc(S(=O)(=O)N2CCCCCOCCC2)cc1. The first-order valence-corrected chi connectivity index (χ1v) is 11.6. The Bertz CT molecular complexity index is 894. The second-order valence-corrected chi connectivity index (χ2v) is 9.06. The summed E-state index contributed by atoms with van der Waals surface area (Å²) in [4.78, 5) is 16.3. The van der Waals surface area contributed by atoms with Crippen molar-refractivity contribution in [2.45, 2.75) is 37.1 Å². The first-order chi connectivity index (χ1) is 14.6. The molecule has 162 valence electrons. The fourth-order valence-corrected chi connectivity index (χ4v) is 4.70. The topological polar surface area (TPSA) is 101 Å². The first-order valence-electron chi connectivity index (χ1n) is 10.2. The molecule has 0 radical (unpaired) electrons. The maximum atomic E-state index is 13.0. The van der Waals surface area contributed by atoms with Crippen LogP contribution in [0.1, 0.15) is 31.2 Å². The normalized spacial score (nSPS) is 16.5. The Balaban J connectivity index is 1.58. The minimum Gasteiger partial charge on any atom is -0.381 e. The standard InChI is InChI=1S/C21H28N4O4S/c26-21(23-17-18-6-4-11-22-16-18)24-19-7-9-20(10-8-19)30(27,28)25-12-2-1-3-14-29-15-5-13-25/h4,6-11,16H,1-3,5,12-15,17H2,(H2,23,24,26). The van der Waals surface area contributed by atoms with Crippen molar-refractivity contribution in [2.75, 3.05) is 31.6 Å². The van der Waals surface area contributed by atoms with Crippen LogP contribution in [0.25, 0.3) is 0 Å². The Labute approximate surface area is 177 Å². The van der Waals surface area contributed by atoms with Crippen LogP contribution in [-0.2, 0) is 21.3 Å². The minimum atomic E-state index is -3.58. The van der Waals surface area contributed by atoms with Gasteiger partial charge in [0.1, 0.15) is 0 Å². The van der Waals surface area contributed by atoms with Gasteiger partial charge >= 0.3 is 6.03 Å². The lowest BCUT2D eigenvalue weighted by atomic mass is 10.2. The van der Waals surface area contributed by atoms with Crippen molar-refractivity contribution in [3.05, 3.63) is 54.4 Å². The number of aromatic nitrogens is 1. The van der Waals surface area contributed by atoms with E-state index < -0.39 is 10.0 Å². The van der Waals surface area contributed by atoms with Crippen LogP contribution in [0.5, 0.6) is 0 Å². The summed E-state index contributed by atoms with van der Waals surface area (Å²) < 4.78 is 33.1. The summed E-state index contributed by atoms with van der Waals surface area (Å²) in [6.45, 7) is 2.63. The number of carbonyl (C=O) groups excluding carboxylic acids is 1. The van der Waals surface area contributed by atoms with Gasteiger partial charge in [0.15, 0.2) is 0 Å². The molecule has 0 spiro atoms. The lowest BCUT2D eigenvalue weighted by Crippen LogP contribution is -2.34. The number of urea groups is 1. The van der Waals surface area contributed by atoms with Gasteiger partial charge in [0.25, 0.3) is 0 Å². The van der Waals surface area contributed by atoms with E-state index in [1.807, 2.05) is 6.07 Å². The molecule has 8 nitrogen and oxygen atoms in total. The van der Waals surface area contributed by atoms with Crippen LogP contribution >= 0.6 is 0 Å². The number of sulfonamides is 1. The van der Waals surface area contributed by atoms with Gasteiger partial charge < -0.3 is 15.4 Å². The summed E-state index contributed by atoms with van der Waals surface area (Å²) >= 11 is 0. The van der Waals surface area contributed by atoms with Gasteiger partial charge in [-0.05, 0) is 61.6 Å². The van der Waals surface area contributed by atoms with Crippen molar-refractivity contribution in [3.8, 4) is 0 Å². The van der Waals surface area contributed by atoms with Crippen molar-refractivity contribution < 1.29 is 17.9 Å². The van der Waals surface area contributed by atoms with Gasteiger partial charge in [0.05, 0.1) is 4.90 Å². The van der Waals surface area contributed by atoms with E-state index in [9.17, 15) is 13.2 Å². The number of carbonyl (C=O) groups is 1. The number of hydrogen-bond donors (Lipinski definition) is 2. The number of ether oxygens (including phenoxy) is 1. The number of nitrogens with one attached hydrogen (secondary N) is 2. The Morgan fingerprint density at radius 3 is 2.57 bits per heavy atom. The summed E-state index contributed by atoms with van der Waals surface area (Å²) in [7, 11) is -3.58. The van der Waals surface area contributed by atoms with Gasteiger partial charge in [-0.3, -0.25) is 4.98 Å². The molecule has 0 aliphatic carbocycles. The van der Waals surface area contributed by atoms with Gasteiger partial charge in [-0.15, -0.1) is 0 Å².